The first-order valence-electron chi connectivity index (χ1n) is 21.7. The monoisotopic (exact) mass is 893 g/mol. The molecule has 3 fully saturated rings. The van der Waals surface area contributed by atoms with E-state index in [0.717, 1.165) is 33.4 Å². The molecule has 9 rings (SSSR count). The van der Waals surface area contributed by atoms with E-state index < -0.39 is 61.9 Å². The van der Waals surface area contributed by atoms with Gasteiger partial charge in [-0.1, -0.05) is 44.2 Å². The molecule has 7 N–H and O–H groups in total. The lowest BCUT2D eigenvalue weighted by molar-refractivity contribution is -0.203. The number of aromatic amines is 1. The molecule has 63 heavy (non-hydrogen) atoms. The smallest absolute Gasteiger partial charge is 0.394 e. The zero-order valence-electron chi connectivity index (χ0n) is 36.3. The number of para-hydroxylation sites is 1. The first kappa shape index (κ1) is 45.2. The molecule has 1 aliphatic carbocycles. The van der Waals surface area contributed by atoms with E-state index in [0.29, 0.717) is 88.8 Å². The molecule has 6 heterocycles. The third-order valence-corrected chi connectivity index (χ3v) is 15.6. The topological polar surface area (TPSA) is 242 Å². The number of hydrogen-bond acceptors (Lipinski definition) is 13. The van der Waals surface area contributed by atoms with E-state index in [9.17, 15) is 24.9 Å². The van der Waals surface area contributed by atoms with E-state index in [4.69, 9.17) is 27.0 Å². The number of likely N-dealkylation sites (N-methyl/N-ethyl adjacent to an activating group) is 1. The molecule has 18 heteroatoms. The maximum atomic E-state index is 15.3. The van der Waals surface area contributed by atoms with Crippen LogP contribution in [0.5, 0.6) is 5.75 Å². The zero-order valence-corrected chi connectivity index (χ0v) is 37.2. The van der Waals surface area contributed by atoms with Crippen molar-refractivity contribution >= 4 is 45.2 Å². The summed E-state index contributed by atoms with van der Waals surface area (Å²) in [7, 11) is 0.195. The van der Waals surface area contributed by atoms with Crippen molar-refractivity contribution in [1.82, 2.24) is 20.1 Å². The minimum atomic E-state index is -4.67. The van der Waals surface area contributed by atoms with Crippen LogP contribution in [0.4, 0.5) is 5.69 Å². The summed E-state index contributed by atoms with van der Waals surface area (Å²) in [5.74, 6) is -0.903. The lowest BCUT2D eigenvalue weighted by atomic mass is 9.47. The largest absolute Gasteiger partial charge is 0.496 e. The molecular weight excluding hydrogens is 835 g/mol. The van der Waals surface area contributed by atoms with Gasteiger partial charge in [-0.15, -0.1) is 0 Å². The van der Waals surface area contributed by atoms with E-state index >= 15 is 4.79 Å². The number of benzene rings is 2. The molecule has 1 spiro atoms. The maximum absolute atomic E-state index is 15.3. The van der Waals surface area contributed by atoms with E-state index in [-0.39, 0.29) is 18.5 Å². The van der Waals surface area contributed by atoms with Crippen LogP contribution in [-0.2, 0) is 46.8 Å². The van der Waals surface area contributed by atoms with Crippen LogP contribution >= 0.6 is 0 Å². The van der Waals surface area contributed by atoms with Gasteiger partial charge in [-0.3, -0.25) is 28.5 Å². The van der Waals surface area contributed by atoms with Crippen molar-refractivity contribution < 1.29 is 56.7 Å². The predicted molar refractivity (Wildman–Crippen MR) is 232 cm³/mol. The SMILES string of the molecule is CC[C@]1(O)C[C@H]2CN(CCc3c([nH]c4ccccc34)[C@@](C(=O)OC)(c3cc4c(cc3OC)N(C)[C@H]3[C@@](O)(C(=O)NCC=O)[C@H](O)[C@]5(CC)C=CCN6CC[C@]43[C@@H]65)C2)C1.O=S(=O)(O)O. The fourth-order valence-electron chi connectivity index (χ4n) is 13.3. The molecule has 3 aromatic rings. The second-order valence-electron chi connectivity index (χ2n) is 18.4. The number of aliphatic hydroxyl groups is 3. The Balaban J connectivity index is 0.00000103. The number of esters is 1. The van der Waals surface area contributed by atoms with Crippen LogP contribution < -0.4 is 15.0 Å². The summed E-state index contributed by atoms with van der Waals surface area (Å²) in [5.41, 5.74) is -1.77. The first-order chi connectivity index (χ1) is 29.8. The van der Waals surface area contributed by atoms with Gasteiger partial charge in [0.05, 0.1) is 32.4 Å². The van der Waals surface area contributed by atoms with Crippen molar-refractivity contribution in [1.29, 1.82) is 0 Å². The van der Waals surface area contributed by atoms with Crippen molar-refractivity contribution in [3.05, 3.63) is 70.9 Å². The minimum absolute atomic E-state index is 0.101. The standard InChI is InChI=1S/C45H57N5O8.H2O4S/c1-6-41(55)23-27-24-44(40(54)58-5,35-29(13-18-49(25-27)26-41)28-11-8-9-12-32(28)47-35)31-21-30-33(22-34(31)57-4)48(3)37-43(30)15-19-50-17-10-14-42(7-2,36(43)50)38(52)45(37,56)39(53)46-16-20-51;1-5(2,3)4/h8-12,14,20-22,27,36-38,47,52,55-56H,6-7,13,15-19,23-26H2,1-5H3,(H,46,53);(H2,1,2,3,4)/t27-,36+,37-,38-,41+,42-,43-,44+,45+;/m1./s1. The number of carbonyl (C=O) groups is 3. The number of aldehydes is 1. The van der Waals surface area contributed by atoms with Gasteiger partial charge in [0.25, 0.3) is 5.91 Å². The van der Waals surface area contributed by atoms with Gasteiger partial charge in [0.2, 0.25) is 0 Å². The van der Waals surface area contributed by atoms with Gasteiger partial charge >= 0.3 is 16.4 Å². The summed E-state index contributed by atoms with van der Waals surface area (Å²) in [6.45, 7) is 6.96. The maximum Gasteiger partial charge on any atom is 0.394 e. The summed E-state index contributed by atoms with van der Waals surface area (Å²) in [6, 6.07) is 10.9. The normalized spacial score (nSPS) is 35.4. The van der Waals surface area contributed by atoms with Crippen LogP contribution in [0, 0.1) is 11.3 Å². The number of methoxy groups -OCH3 is 2. The van der Waals surface area contributed by atoms with Gasteiger partial charge in [-0.05, 0) is 74.2 Å². The molecule has 2 saturated heterocycles. The van der Waals surface area contributed by atoms with Crippen LogP contribution in [0.15, 0.2) is 48.6 Å². The fourth-order valence-corrected chi connectivity index (χ4v) is 13.3. The fraction of sp³-hybridized carbons (Fsp3) is 0.578. The van der Waals surface area contributed by atoms with Crippen molar-refractivity contribution in [3.8, 4) is 5.75 Å². The lowest BCUT2D eigenvalue weighted by Crippen LogP contribution is -2.81. The summed E-state index contributed by atoms with van der Waals surface area (Å²) >= 11 is 0. The number of nitrogens with one attached hydrogen (secondary N) is 2. The molecule has 2 bridgehead atoms. The Morgan fingerprint density at radius 2 is 1.76 bits per heavy atom. The first-order valence-corrected chi connectivity index (χ1v) is 23.1. The van der Waals surface area contributed by atoms with Crippen molar-refractivity contribution in [3.63, 3.8) is 0 Å². The number of aromatic nitrogens is 1. The van der Waals surface area contributed by atoms with Crippen molar-refractivity contribution in [2.45, 2.75) is 92.6 Å². The van der Waals surface area contributed by atoms with Gasteiger partial charge in [-0.2, -0.15) is 8.42 Å². The summed E-state index contributed by atoms with van der Waals surface area (Å²) in [6.07, 6.45) is 6.15. The number of nitrogens with zero attached hydrogens (tertiary/aromatic N) is 3. The molecule has 342 valence electrons. The molecule has 10 atom stereocenters. The number of carbonyl (C=O) groups excluding carboxylic acids is 3. The van der Waals surface area contributed by atoms with E-state index in [2.05, 4.69) is 32.2 Å². The number of aliphatic hydroxyl groups excluding tert-OH is 1. The summed E-state index contributed by atoms with van der Waals surface area (Å²) < 4.78 is 43.8. The van der Waals surface area contributed by atoms with E-state index in [1.165, 1.54) is 7.11 Å². The molecule has 6 aliphatic rings. The number of amides is 1. The minimum Gasteiger partial charge on any atom is -0.496 e. The summed E-state index contributed by atoms with van der Waals surface area (Å²) in [5, 5.41) is 41.2. The molecular formula is C45H59N5O12S. The molecule has 1 unspecified atom stereocenters. The number of ether oxygens (including phenoxy) is 2. The van der Waals surface area contributed by atoms with Crippen LogP contribution in [0.2, 0.25) is 0 Å². The Hall–Kier alpha value is -4.40. The van der Waals surface area contributed by atoms with E-state index in [1.807, 2.05) is 62.2 Å². The quantitative estimate of drug-likeness (QED) is 0.0740. The Morgan fingerprint density at radius 1 is 1.03 bits per heavy atom. The molecule has 2 aromatic carbocycles. The Kier molecular flexibility index (Phi) is 11.4. The van der Waals surface area contributed by atoms with Crippen LogP contribution in [0.1, 0.15) is 68.3 Å². The van der Waals surface area contributed by atoms with Crippen molar-refractivity contribution in [2.75, 3.05) is 65.4 Å². The highest BCUT2D eigenvalue weighted by atomic mass is 32.3. The Bertz CT molecular complexity index is 2450. The summed E-state index contributed by atoms with van der Waals surface area (Å²) in [4.78, 5) is 51.6. The molecule has 1 saturated carbocycles. The number of H-pyrrole nitrogens is 1. The van der Waals surface area contributed by atoms with Gasteiger partial charge in [0, 0.05) is 84.0 Å². The Morgan fingerprint density at radius 3 is 2.43 bits per heavy atom. The Labute approximate surface area is 367 Å². The number of anilines is 1. The van der Waals surface area contributed by atoms with Gasteiger partial charge < -0.3 is 44.8 Å². The third kappa shape index (κ3) is 6.65. The highest BCUT2D eigenvalue weighted by Gasteiger charge is 2.78. The second-order valence-corrected chi connectivity index (χ2v) is 19.3. The van der Waals surface area contributed by atoms with E-state index in [1.54, 1.807) is 7.11 Å². The predicted octanol–water partition coefficient (Wildman–Crippen LogP) is 1.91. The highest BCUT2D eigenvalue weighted by molar-refractivity contribution is 7.79. The third-order valence-electron chi connectivity index (χ3n) is 15.6. The van der Waals surface area contributed by atoms with Gasteiger partial charge in [0.15, 0.2) is 5.60 Å². The lowest BCUT2D eigenvalue weighted by Gasteiger charge is -2.63. The second kappa shape index (κ2) is 15.9. The van der Waals surface area contributed by atoms with Gasteiger partial charge in [-0.25, -0.2) is 0 Å². The molecule has 1 aromatic heterocycles. The van der Waals surface area contributed by atoms with Gasteiger partial charge in [0.1, 0.15) is 23.6 Å². The number of hydrogen-bond donors (Lipinski definition) is 7. The zero-order chi connectivity index (χ0) is 45.5. The average Bonchev–Trinajstić information content (AvgIpc) is 3.92. The van der Waals surface area contributed by atoms with Crippen LogP contribution in [-0.4, -0.2) is 156 Å². The van der Waals surface area contributed by atoms with Crippen LogP contribution in [0.3, 0.4) is 0 Å². The molecule has 0 radical (unpaired) electrons. The average molecular weight is 894 g/mol. The number of rotatable bonds is 8. The molecule has 5 aliphatic heterocycles. The van der Waals surface area contributed by atoms with Crippen molar-refractivity contribution in [2.24, 2.45) is 11.3 Å². The van der Waals surface area contributed by atoms with Crippen LogP contribution in [0.25, 0.3) is 10.9 Å². The number of fused-ring (bicyclic) bond motifs is 6. The highest BCUT2D eigenvalue weighted by Crippen LogP contribution is 2.67. The molecule has 17 nitrogen and oxygen atoms in total. The number of piperidine rings is 1. The molecule has 1 amide bonds.